The van der Waals surface area contributed by atoms with E-state index in [1.165, 1.54) is 5.56 Å². The molecule has 0 saturated carbocycles. The van der Waals surface area contributed by atoms with Crippen LogP contribution in [-0.2, 0) is 22.6 Å². The van der Waals surface area contributed by atoms with Gasteiger partial charge in [0, 0.05) is 12.1 Å². The van der Waals surface area contributed by atoms with Gasteiger partial charge in [0.1, 0.15) is 11.8 Å². The minimum atomic E-state index is -0.638. The number of amides is 2. The average Bonchev–Trinajstić information content (AvgIpc) is 2.70. The van der Waals surface area contributed by atoms with Gasteiger partial charge in [0.25, 0.3) is 5.91 Å². The zero-order valence-electron chi connectivity index (χ0n) is 19.3. The summed E-state index contributed by atoms with van der Waals surface area (Å²) in [6.07, 6.45) is 0.919. The predicted molar refractivity (Wildman–Crippen MR) is 128 cm³/mol. The highest BCUT2D eigenvalue weighted by Crippen LogP contribution is 2.26. The number of hydrogen-bond acceptors (Lipinski definition) is 3. The molecule has 0 unspecified atom stereocenters. The highest BCUT2D eigenvalue weighted by atomic mass is 79.9. The number of carbonyl (C=O) groups excluding carboxylic acids is 2. The van der Waals surface area contributed by atoms with Crippen LogP contribution in [-0.4, -0.2) is 34.9 Å². The fourth-order valence-electron chi connectivity index (χ4n) is 3.13. The van der Waals surface area contributed by atoms with Crippen molar-refractivity contribution >= 4 is 27.7 Å². The van der Waals surface area contributed by atoms with E-state index in [4.69, 9.17) is 4.74 Å². The van der Waals surface area contributed by atoms with Gasteiger partial charge >= 0.3 is 0 Å². The molecule has 1 N–H and O–H groups in total. The van der Waals surface area contributed by atoms with E-state index in [0.717, 1.165) is 22.0 Å². The molecular formula is C25H33BrN2O3. The Kier molecular flexibility index (Phi) is 8.69. The Hall–Kier alpha value is -2.34. The summed E-state index contributed by atoms with van der Waals surface area (Å²) in [5, 5.41) is 2.97. The van der Waals surface area contributed by atoms with Gasteiger partial charge in [0.15, 0.2) is 6.61 Å². The van der Waals surface area contributed by atoms with E-state index in [1.807, 2.05) is 70.2 Å². The molecule has 1 atom stereocenters. The Labute approximate surface area is 194 Å². The van der Waals surface area contributed by atoms with Crippen molar-refractivity contribution in [3.8, 4) is 5.75 Å². The molecule has 2 amide bonds. The molecule has 0 spiro atoms. The Morgan fingerprint density at radius 2 is 1.84 bits per heavy atom. The van der Waals surface area contributed by atoms with Crippen LogP contribution in [0.1, 0.15) is 51.3 Å². The first-order valence-corrected chi connectivity index (χ1v) is 11.4. The van der Waals surface area contributed by atoms with E-state index in [2.05, 4.69) is 28.2 Å². The lowest BCUT2D eigenvalue weighted by Gasteiger charge is -2.31. The van der Waals surface area contributed by atoms with E-state index in [-0.39, 0.29) is 24.0 Å². The maximum absolute atomic E-state index is 13.2. The molecule has 5 nitrogen and oxygen atoms in total. The fourth-order valence-corrected chi connectivity index (χ4v) is 3.67. The van der Waals surface area contributed by atoms with Crippen LogP contribution in [0.5, 0.6) is 5.75 Å². The molecule has 0 saturated heterocycles. The number of nitrogens with one attached hydrogen (secondary N) is 1. The van der Waals surface area contributed by atoms with Crippen LogP contribution in [0.15, 0.2) is 46.9 Å². The van der Waals surface area contributed by atoms with Gasteiger partial charge in [-0.1, -0.05) is 37.3 Å². The van der Waals surface area contributed by atoms with Crippen molar-refractivity contribution in [3.05, 3.63) is 63.6 Å². The predicted octanol–water partition coefficient (Wildman–Crippen LogP) is 5.03. The van der Waals surface area contributed by atoms with Crippen molar-refractivity contribution in [1.29, 1.82) is 0 Å². The molecule has 0 aromatic heterocycles. The number of carbonyl (C=O) groups is 2. The maximum atomic E-state index is 13.2. The summed E-state index contributed by atoms with van der Waals surface area (Å²) in [5.74, 6) is 0.169. The zero-order chi connectivity index (χ0) is 23.2. The topological polar surface area (TPSA) is 58.6 Å². The average molecular weight is 489 g/mol. The molecule has 168 valence electrons. The third kappa shape index (κ3) is 7.39. The number of hydrogen-bond donors (Lipinski definition) is 1. The summed E-state index contributed by atoms with van der Waals surface area (Å²) < 4.78 is 6.62. The summed E-state index contributed by atoms with van der Waals surface area (Å²) in [4.78, 5) is 27.6. The van der Waals surface area contributed by atoms with Crippen molar-refractivity contribution < 1.29 is 14.3 Å². The number of aryl methyl sites for hydroxylation is 2. The summed E-state index contributed by atoms with van der Waals surface area (Å²) in [6, 6.07) is 13.1. The summed E-state index contributed by atoms with van der Waals surface area (Å²) in [5.41, 5.74) is 2.87. The molecule has 0 bridgehead atoms. The lowest BCUT2D eigenvalue weighted by molar-refractivity contribution is -0.142. The molecule has 0 heterocycles. The monoisotopic (exact) mass is 488 g/mol. The molecule has 6 heteroatoms. The second-order valence-electron chi connectivity index (χ2n) is 8.77. The quantitative estimate of drug-likeness (QED) is 0.566. The summed E-state index contributed by atoms with van der Waals surface area (Å²) in [7, 11) is 0. The molecule has 0 aliphatic rings. The lowest BCUT2D eigenvalue weighted by Crippen LogP contribution is -2.53. The number of halogens is 1. The normalized spacial score (nSPS) is 12.2. The minimum Gasteiger partial charge on any atom is -0.483 e. The Morgan fingerprint density at radius 3 is 2.42 bits per heavy atom. The Balaban J connectivity index is 2.21. The van der Waals surface area contributed by atoms with Crippen LogP contribution in [0.4, 0.5) is 0 Å². The van der Waals surface area contributed by atoms with Crippen molar-refractivity contribution in [3.63, 3.8) is 0 Å². The molecule has 0 aliphatic carbocycles. The summed E-state index contributed by atoms with van der Waals surface area (Å²) in [6.45, 7) is 11.8. The molecule has 2 aromatic rings. The van der Waals surface area contributed by atoms with Crippen molar-refractivity contribution in [2.75, 3.05) is 6.61 Å². The van der Waals surface area contributed by atoms with Gasteiger partial charge in [0.2, 0.25) is 5.91 Å². The number of benzene rings is 2. The van der Waals surface area contributed by atoms with E-state index in [0.29, 0.717) is 12.3 Å². The van der Waals surface area contributed by atoms with Crippen molar-refractivity contribution in [2.24, 2.45) is 0 Å². The molecule has 0 aliphatic heterocycles. The fraction of sp³-hybridized carbons (Fsp3) is 0.440. The van der Waals surface area contributed by atoms with Gasteiger partial charge in [-0.05, 0) is 85.8 Å². The van der Waals surface area contributed by atoms with Gasteiger partial charge in [-0.25, -0.2) is 0 Å². The van der Waals surface area contributed by atoms with Gasteiger partial charge in [0.05, 0.1) is 4.47 Å². The first kappa shape index (κ1) is 24.9. The molecule has 2 aromatic carbocycles. The maximum Gasteiger partial charge on any atom is 0.261 e. The summed E-state index contributed by atoms with van der Waals surface area (Å²) >= 11 is 3.51. The zero-order valence-corrected chi connectivity index (χ0v) is 20.9. The second-order valence-corrected chi connectivity index (χ2v) is 9.62. The highest BCUT2D eigenvalue weighted by molar-refractivity contribution is 9.10. The standard InChI is InChI=1S/C25H33BrN2O3/c1-7-19-12-13-22(21(26)14-19)31-16-23(29)28(15-20-11-9-8-10-17(20)2)18(3)24(30)27-25(4,5)6/h8-14,18H,7,15-16H2,1-6H3,(H,27,30)/t18-/m1/s1. The van der Waals surface area contributed by atoms with Gasteiger partial charge in [-0.15, -0.1) is 0 Å². The van der Waals surface area contributed by atoms with E-state index in [1.54, 1.807) is 11.8 Å². The van der Waals surface area contributed by atoms with Gasteiger partial charge in [-0.3, -0.25) is 9.59 Å². The minimum absolute atomic E-state index is 0.150. The molecule has 0 radical (unpaired) electrons. The van der Waals surface area contributed by atoms with Gasteiger partial charge in [-0.2, -0.15) is 0 Å². The Morgan fingerprint density at radius 1 is 1.16 bits per heavy atom. The SMILES string of the molecule is CCc1ccc(OCC(=O)N(Cc2ccccc2C)[C@H](C)C(=O)NC(C)(C)C)c(Br)c1. The van der Waals surface area contributed by atoms with E-state index >= 15 is 0 Å². The molecule has 31 heavy (non-hydrogen) atoms. The van der Waals surface area contributed by atoms with Crippen molar-refractivity contribution in [1.82, 2.24) is 10.2 Å². The second kappa shape index (κ2) is 10.8. The largest absolute Gasteiger partial charge is 0.483 e. The van der Waals surface area contributed by atoms with Crippen LogP contribution in [0.25, 0.3) is 0 Å². The van der Waals surface area contributed by atoms with Gasteiger partial charge < -0.3 is 15.0 Å². The van der Waals surface area contributed by atoms with Crippen LogP contribution in [0.3, 0.4) is 0 Å². The van der Waals surface area contributed by atoms with Crippen LogP contribution >= 0.6 is 15.9 Å². The smallest absolute Gasteiger partial charge is 0.261 e. The van der Waals surface area contributed by atoms with Crippen LogP contribution in [0.2, 0.25) is 0 Å². The molecule has 0 fully saturated rings. The lowest BCUT2D eigenvalue weighted by atomic mass is 10.1. The number of rotatable bonds is 8. The van der Waals surface area contributed by atoms with Crippen molar-refractivity contribution in [2.45, 2.75) is 66.1 Å². The van der Waals surface area contributed by atoms with Crippen LogP contribution in [0, 0.1) is 6.92 Å². The molecular weight excluding hydrogens is 456 g/mol. The number of nitrogens with zero attached hydrogens (tertiary/aromatic N) is 1. The third-order valence-electron chi connectivity index (χ3n) is 5.02. The van der Waals surface area contributed by atoms with E-state index in [9.17, 15) is 9.59 Å². The van der Waals surface area contributed by atoms with Crippen LogP contribution < -0.4 is 10.1 Å². The highest BCUT2D eigenvalue weighted by Gasteiger charge is 2.29. The molecule has 2 rings (SSSR count). The Bertz CT molecular complexity index is 921. The first-order valence-electron chi connectivity index (χ1n) is 10.6. The third-order valence-corrected chi connectivity index (χ3v) is 5.64. The number of ether oxygens (including phenoxy) is 1. The van der Waals surface area contributed by atoms with E-state index < -0.39 is 6.04 Å². The first-order chi connectivity index (χ1) is 14.5.